The van der Waals surface area contributed by atoms with E-state index >= 15 is 0 Å². The molecule has 106 valence electrons. The van der Waals surface area contributed by atoms with Crippen molar-refractivity contribution in [1.29, 1.82) is 0 Å². The van der Waals surface area contributed by atoms with Gasteiger partial charge in [-0.15, -0.1) is 0 Å². The number of hydrogen-bond donors (Lipinski definition) is 3. The van der Waals surface area contributed by atoms with Crippen LogP contribution in [0.2, 0.25) is 0 Å². The summed E-state index contributed by atoms with van der Waals surface area (Å²) >= 11 is 0. The largest absolute Gasteiger partial charge is 0.394 e. The van der Waals surface area contributed by atoms with Crippen LogP contribution in [0, 0.1) is 0 Å². The fourth-order valence-corrected chi connectivity index (χ4v) is 1.84. The summed E-state index contributed by atoms with van der Waals surface area (Å²) < 4.78 is 5.35. The van der Waals surface area contributed by atoms with Crippen molar-refractivity contribution in [2.45, 2.75) is 38.8 Å². The number of anilines is 2. The van der Waals surface area contributed by atoms with Crippen LogP contribution in [0.15, 0.2) is 6.07 Å². The van der Waals surface area contributed by atoms with Crippen molar-refractivity contribution in [2.24, 2.45) is 0 Å². The molecule has 1 fully saturated rings. The van der Waals surface area contributed by atoms with Gasteiger partial charge in [0.15, 0.2) is 5.82 Å². The van der Waals surface area contributed by atoms with E-state index in [2.05, 4.69) is 20.6 Å². The molecular weight excluding hydrogens is 244 g/mol. The van der Waals surface area contributed by atoms with Crippen molar-refractivity contribution >= 4 is 11.6 Å². The Hall–Kier alpha value is -1.40. The molecule has 6 heteroatoms. The van der Waals surface area contributed by atoms with Crippen LogP contribution in [-0.2, 0) is 11.3 Å². The lowest BCUT2D eigenvalue weighted by molar-refractivity contribution is 0.128. The number of hydrogen-bond acceptors (Lipinski definition) is 6. The van der Waals surface area contributed by atoms with Crippen LogP contribution in [0.1, 0.15) is 32.5 Å². The van der Waals surface area contributed by atoms with Crippen LogP contribution < -0.4 is 10.6 Å². The molecular formula is C13H22N4O2. The number of ether oxygens (including phenoxy) is 1. The van der Waals surface area contributed by atoms with Gasteiger partial charge in [0.2, 0.25) is 0 Å². The maximum atomic E-state index is 9.36. The second-order valence-corrected chi connectivity index (χ2v) is 4.79. The van der Waals surface area contributed by atoms with Crippen molar-refractivity contribution in [3.8, 4) is 0 Å². The van der Waals surface area contributed by atoms with Crippen LogP contribution in [0.4, 0.5) is 11.6 Å². The molecule has 3 N–H and O–H groups in total. The number of aromatic nitrogens is 2. The molecule has 0 aromatic carbocycles. The molecule has 1 aromatic rings. The number of aliphatic hydroxyl groups excluding tert-OH is 1. The Morgan fingerprint density at radius 3 is 2.63 bits per heavy atom. The standard InChI is InChI=1S/C13H22N4O2/c1-3-14-10-7-11(17-13(9-18)5-6-13)16-12(15-10)8-19-4-2/h7,18H,3-6,8-9H2,1-2H3,(H2,14,15,16,17). The van der Waals surface area contributed by atoms with E-state index in [0.29, 0.717) is 19.0 Å². The molecule has 0 spiro atoms. The number of nitrogens with zero attached hydrogens (tertiary/aromatic N) is 2. The van der Waals surface area contributed by atoms with E-state index in [-0.39, 0.29) is 12.1 Å². The quantitative estimate of drug-likeness (QED) is 0.660. The molecule has 1 aromatic heterocycles. The molecule has 6 nitrogen and oxygen atoms in total. The predicted octanol–water partition coefficient (Wildman–Crippen LogP) is 1.38. The summed E-state index contributed by atoms with van der Waals surface area (Å²) in [6.45, 7) is 5.93. The van der Waals surface area contributed by atoms with Gasteiger partial charge in [-0.1, -0.05) is 0 Å². The average molecular weight is 266 g/mol. The minimum absolute atomic E-state index is 0.133. The summed E-state index contributed by atoms with van der Waals surface area (Å²) in [4.78, 5) is 8.82. The Bertz CT molecular complexity index is 421. The second kappa shape index (κ2) is 6.16. The third kappa shape index (κ3) is 3.78. The maximum absolute atomic E-state index is 9.36. The molecule has 1 aliphatic carbocycles. The van der Waals surface area contributed by atoms with Crippen molar-refractivity contribution in [3.05, 3.63) is 11.9 Å². The van der Waals surface area contributed by atoms with E-state index in [0.717, 1.165) is 31.0 Å². The van der Waals surface area contributed by atoms with Crippen LogP contribution in [0.3, 0.4) is 0 Å². The van der Waals surface area contributed by atoms with E-state index in [1.807, 2.05) is 19.9 Å². The SMILES string of the molecule is CCNc1cc(NC2(CO)CC2)nc(COCC)n1. The molecule has 0 atom stereocenters. The van der Waals surface area contributed by atoms with Gasteiger partial charge in [-0.25, -0.2) is 9.97 Å². The first-order chi connectivity index (χ1) is 9.21. The van der Waals surface area contributed by atoms with Crippen molar-refractivity contribution in [2.75, 3.05) is 30.4 Å². The number of nitrogens with one attached hydrogen (secondary N) is 2. The third-order valence-electron chi connectivity index (χ3n) is 3.12. The topological polar surface area (TPSA) is 79.3 Å². The third-order valence-corrected chi connectivity index (χ3v) is 3.12. The van der Waals surface area contributed by atoms with E-state index < -0.39 is 0 Å². The summed E-state index contributed by atoms with van der Waals surface area (Å²) in [5.74, 6) is 2.17. The highest BCUT2D eigenvalue weighted by atomic mass is 16.5. The first-order valence-corrected chi connectivity index (χ1v) is 6.80. The summed E-state index contributed by atoms with van der Waals surface area (Å²) in [6, 6.07) is 1.87. The lowest BCUT2D eigenvalue weighted by Crippen LogP contribution is -2.26. The highest BCUT2D eigenvalue weighted by Crippen LogP contribution is 2.38. The van der Waals surface area contributed by atoms with Gasteiger partial charge in [0, 0.05) is 19.2 Å². The summed E-state index contributed by atoms with van der Waals surface area (Å²) in [5.41, 5.74) is -0.180. The fraction of sp³-hybridized carbons (Fsp3) is 0.692. The molecule has 0 saturated heterocycles. The fourth-order valence-electron chi connectivity index (χ4n) is 1.84. The van der Waals surface area contributed by atoms with Gasteiger partial charge in [-0.3, -0.25) is 0 Å². The Morgan fingerprint density at radius 1 is 1.32 bits per heavy atom. The zero-order valence-electron chi connectivity index (χ0n) is 11.6. The predicted molar refractivity (Wildman–Crippen MR) is 74.2 cm³/mol. The van der Waals surface area contributed by atoms with Crippen LogP contribution >= 0.6 is 0 Å². The second-order valence-electron chi connectivity index (χ2n) is 4.79. The molecule has 0 radical (unpaired) electrons. The molecule has 1 heterocycles. The average Bonchev–Trinajstić information content (AvgIpc) is 3.17. The maximum Gasteiger partial charge on any atom is 0.158 e. The number of rotatable bonds is 8. The molecule has 2 rings (SSSR count). The van der Waals surface area contributed by atoms with Crippen molar-refractivity contribution in [1.82, 2.24) is 9.97 Å². The monoisotopic (exact) mass is 266 g/mol. The Labute approximate surface area is 113 Å². The van der Waals surface area contributed by atoms with Gasteiger partial charge in [0.05, 0.1) is 12.1 Å². The van der Waals surface area contributed by atoms with Gasteiger partial charge < -0.3 is 20.5 Å². The van der Waals surface area contributed by atoms with E-state index in [1.165, 1.54) is 0 Å². The highest BCUT2D eigenvalue weighted by Gasteiger charge is 2.42. The van der Waals surface area contributed by atoms with E-state index in [4.69, 9.17) is 4.74 Å². The van der Waals surface area contributed by atoms with Gasteiger partial charge in [-0.05, 0) is 26.7 Å². The lowest BCUT2D eigenvalue weighted by atomic mass is 10.3. The van der Waals surface area contributed by atoms with Gasteiger partial charge >= 0.3 is 0 Å². The van der Waals surface area contributed by atoms with E-state index in [1.54, 1.807) is 0 Å². The normalized spacial score (nSPS) is 16.2. The van der Waals surface area contributed by atoms with Crippen LogP contribution in [0.25, 0.3) is 0 Å². The van der Waals surface area contributed by atoms with Crippen molar-refractivity contribution in [3.63, 3.8) is 0 Å². The molecule has 0 bridgehead atoms. The zero-order chi connectivity index (χ0) is 13.7. The molecule has 1 aliphatic rings. The molecule has 0 unspecified atom stereocenters. The molecule has 0 aliphatic heterocycles. The van der Waals surface area contributed by atoms with Crippen LogP contribution in [-0.4, -0.2) is 40.4 Å². The minimum atomic E-state index is -0.180. The van der Waals surface area contributed by atoms with Crippen LogP contribution in [0.5, 0.6) is 0 Å². The molecule has 1 saturated carbocycles. The smallest absolute Gasteiger partial charge is 0.158 e. The first-order valence-electron chi connectivity index (χ1n) is 6.80. The Kier molecular flexibility index (Phi) is 4.55. The van der Waals surface area contributed by atoms with Gasteiger partial charge in [0.25, 0.3) is 0 Å². The van der Waals surface area contributed by atoms with Gasteiger partial charge in [-0.2, -0.15) is 0 Å². The lowest BCUT2D eigenvalue weighted by Gasteiger charge is -2.16. The first kappa shape index (κ1) is 14.0. The minimum Gasteiger partial charge on any atom is -0.394 e. The molecule has 0 amide bonds. The Balaban J connectivity index is 2.13. The summed E-state index contributed by atoms with van der Waals surface area (Å²) in [5, 5.41) is 15.8. The van der Waals surface area contributed by atoms with Crippen molar-refractivity contribution < 1.29 is 9.84 Å². The Morgan fingerprint density at radius 2 is 2.05 bits per heavy atom. The van der Waals surface area contributed by atoms with Gasteiger partial charge in [0.1, 0.15) is 18.2 Å². The highest BCUT2D eigenvalue weighted by molar-refractivity contribution is 5.50. The summed E-state index contributed by atoms with van der Waals surface area (Å²) in [7, 11) is 0. The zero-order valence-corrected chi connectivity index (χ0v) is 11.6. The number of aliphatic hydroxyl groups is 1. The summed E-state index contributed by atoms with van der Waals surface area (Å²) in [6.07, 6.45) is 1.95. The van der Waals surface area contributed by atoms with E-state index in [9.17, 15) is 5.11 Å². The molecule has 19 heavy (non-hydrogen) atoms.